The van der Waals surface area contributed by atoms with Crippen molar-refractivity contribution in [2.75, 3.05) is 28.6 Å². The molecule has 3 heterocycles. The molecular weight excluding hydrogens is 430 g/mol. The minimum atomic E-state index is -3.42. The van der Waals surface area contributed by atoms with Crippen LogP contribution in [0.15, 0.2) is 53.2 Å². The molecule has 1 unspecified atom stereocenters. The van der Waals surface area contributed by atoms with E-state index in [0.717, 1.165) is 33.6 Å². The number of aryl methyl sites for hydroxylation is 1. The summed E-state index contributed by atoms with van der Waals surface area (Å²) in [4.78, 5) is 7.75. The van der Waals surface area contributed by atoms with Gasteiger partial charge < -0.3 is 9.64 Å². The minimum absolute atomic E-state index is 0.321. The summed E-state index contributed by atoms with van der Waals surface area (Å²) in [6.45, 7) is 4.48. The summed E-state index contributed by atoms with van der Waals surface area (Å²) in [7, 11) is -1.89. The average molecular weight is 457 g/mol. The molecule has 5 rings (SSSR count). The van der Waals surface area contributed by atoms with Gasteiger partial charge in [-0.2, -0.15) is 10.1 Å². The second-order valence-electron chi connectivity index (χ2n) is 8.22. The molecule has 0 bridgehead atoms. The predicted molar refractivity (Wildman–Crippen MR) is 123 cm³/mol. The number of nitrogens with zero attached hydrogens (tertiary/aromatic N) is 3. The Bertz CT molecular complexity index is 1260. The van der Waals surface area contributed by atoms with Gasteiger partial charge in [0.15, 0.2) is 5.82 Å². The zero-order valence-corrected chi connectivity index (χ0v) is 19.0. The third-order valence-corrected chi connectivity index (χ3v) is 7.42. The number of hydrogen-bond acceptors (Lipinski definition) is 7. The lowest BCUT2D eigenvalue weighted by molar-refractivity contribution is -0.698. The molecule has 168 valence electrons. The zero-order valence-electron chi connectivity index (χ0n) is 18.1. The van der Waals surface area contributed by atoms with Crippen LogP contribution in [0.1, 0.15) is 25.5 Å². The molecule has 1 aromatic heterocycles. The summed E-state index contributed by atoms with van der Waals surface area (Å²) < 4.78 is 33.1. The molecule has 1 saturated carbocycles. The molecule has 0 spiro atoms. The van der Waals surface area contributed by atoms with E-state index in [1.165, 1.54) is 7.11 Å². The summed E-state index contributed by atoms with van der Waals surface area (Å²) in [5.74, 6) is 3.00. The smallest absolute Gasteiger partial charge is 0.235 e. The standard InChI is InChI=1S/C21H25N7O3S/c1-13-8-19(25-24-13)23-21-12-27(11-20-22-14(2)10-28(20)21)15-4-7-18(31-3)17(9-15)26-32(29,30)16-5-6-16/h4,7-10,12,16,26H,5-6,11H2,1-3H3,(H2,23,24,25)/p+1. The van der Waals surface area contributed by atoms with Crippen LogP contribution in [0.2, 0.25) is 0 Å². The summed E-state index contributed by atoms with van der Waals surface area (Å²) >= 11 is 0. The highest BCUT2D eigenvalue weighted by molar-refractivity contribution is 7.93. The number of sulfonamides is 1. The first-order valence-corrected chi connectivity index (χ1v) is 12.0. The van der Waals surface area contributed by atoms with Crippen LogP contribution in [0.25, 0.3) is 0 Å². The molecule has 2 aromatic rings. The maximum Gasteiger partial charge on any atom is 0.235 e. The van der Waals surface area contributed by atoms with Crippen LogP contribution in [0, 0.1) is 6.92 Å². The fourth-order valence-corrected chi connectivity index (χ4v) is 5.23. The molecule has 0 saturated heterocycles. The van der Waals surface area contributed by atoms with Crippen LogP contribution >= 0.6 is 0 Å². The Balaban J connectivity index is 1.49. The van der Waals surface area contributed by atoms with Crippen molar-refractivity contribution in [3.05, 3.63) is 53.9 Å². The van der Waals surface area contributed by atoms with Crippen LogP contribution in [-0.4, -0.2) is 43.4 Å². The molecule has 32 heavy (non-hydrogen) atoms. The maximum atomic E-state index is 12.5. The number of quaternary nitrogens is 1. The fraction of sp³-hybridized carbons (Fsp3) is 0.333. The number of amidine groups is 1. The third-order valence-electron chi connectivity index (χ3n) is 5.57. The van der Waals surface area contributed by atoms with Crippen molar-refractivity contribution in [3.63, 3.8) is 0 Å². The van der Waals surface area contributed by atoms with Gasteiger partial charge in [0, 0.05) is 17.4 Å². The third kappa shape index (κ3) is 3.96. The van der Waals surface area contributed by atoms with Gasteiger partial charge in [-0.05, 0) is 44.9 Å². The van der Waals surface area contributed by atoms with Crippen LogP contribution < -0.4 is 24.6 Å². The van der Waals surface area contributed by atoms with Gasteiger partial charge in [0.05, 0.1) is 29.9 Å². The number of anilines is 3. The molecule has 2 aliphatic heterocycles. The minimum Gasteiger partial charge on any atom is -0.495 e. The zero-order chi connectivity index (χ0) is 22.5. The lowest BCUT2D eigenvalue weighted by atomic mass is 10.2. The van der Waals surface area contributed by atoms with Crippen molar-refractivity contribution in [3.8, 4) is 5.75 Å². The van der Waals surface area contributed by atoms with Crippen LogP contribution in [0.4, 0.5) is 17.2 Å². The average Bonchev–Trinajstić information content (AvgIpc) is 3.44. The maximum absolute atomic E-state index is 12.5. The Labute approximate surface area is 186 Å². The normalized spacial score (nSPS) is 20.3. The number of ether oxygens (including phenoxy) is 1. The van der Waals surface area contributed by atoms with Gasteiger partial charge in [-0.3, -0.25) is 15.1 Å². The number of benzene rings is 1. The molecule has 3 aliphatic rings. The molecule has 11 heteroatoms. The lowest BCUT2D eigenvalue weighted by Crippen LogP contribution is -3.10. The van der Waals surface area contributed by atoms with Crippen molar-refractivity contribution >= 4 is 33.1 Å². The summed E-state index contributed by atoms with van der Waals surface area (Å²) in [6, 6.07) is 7.41. The number of nitrogens with one attached hydrogen (secondary N) is 4. The highest BCUT2D eigenvalue weighted by Gasteiger charge is 2.37. The van der Waals surface area contributed by atoms with Gasteiger partial charge >= 0.3 is 0 Å². The fourth-order valence-electron chi connectivity index (χ4n) is 3.84. The van der Waals surface area contributed by atoms with E-state index in [2.05, 4.69) is 25.2 Å². The van der Waals surface area contributed by atoms with E-state index in [1.807, 2.05) is 43.3 Å². The van der Waals surface area contributed by atoms with E-state index in [9.17, 15) is 8.42 Å². The van der Waals surface area contributed by atoms with Crippen molar-refractivity contribution in [1.82, 2.24) is 10.2 Å². The Kier molecular flexibility index (Phi) is 4.94. The molecule has 0 radical (unpaired) electrons. The van der Waals surface area contributed by atoms with E-state index in [0.29, 0.717) is 36.6 Å². The number of hydrogen-bond donors (Lipinski definition) is 4. The molecule has 1 aromatic carbocycles. The molecule has 4 N–H and O–H groups in total. The Morgan fingerprint density at radius 3 is 2.75 bits per heavy atom. The van der Waals surface area contributed by atoms with E-state index >= 15 is 0 Å². The van der Waals surface area contributed by atoms with Crippen molar-refractivity contribution < 1.29 is 18.1 Å². The Hall–Kier alpha value is -3.31. The molecule has 0 amide bonds. The van der Waals surface area contributed by atoms with Crippen LogP contribution in [0.3, 0.4) is 0 Å². The van der Waals surface area contributed by atoms with Gasteiger partial charge in [-0.25, -0.2) is 13.3 Å². The monoisotopic (exact) mass is 456 g/mol. The van der Waals surface area contributed by atoms with Gasteiger partial charge in [0.1, 0.15) is 18.5 Å². The highest BCUT2D eigenvalue weighted by atomic mass is 32.2. The van der Waals surface area contributed by atoms with Crippen LogP contribution in [-0.2, 0) is 10.0 Å². The van der Waals surface area contributed by atoms with E-state index in [1.54, 1.807) is 12.1 Å². The van der Waals surface area contributed by atoms with Gasteiger partial charge in [-0.15, -0.1) is 0 Å². The first kappa shape index (κ1) is 20.6. The van der Waals surface area contributed by atoms with Crippen molar-refractivity contribution in [1.29, 1.82) is 0 Å². The van der Waals surface area contributed by atoms with Gasteiger partial charge in [0.25, 0.3) is 0 Å². The predicted octanol–water partition coefficient (Wildman–Crippen LogP) is 1.52. The molecule has 1 aliphatic carbocycles. The van der Waals surface area contributed by atoms with Crippen molar-refractivity contribution in [2.24, 2.45) is 4.99 Å². The van der Waals surface area contributed by atoms with Gasteiger partial charge in [0.2, 0.25) is 21.7 Å². The van der Waals surface area contributed by atoms with E-state index < -0.39 is 10.0 Å². The SMILES string of the molecule is COc1ccc(N2C=C(Nc3cc(C)[nH]n3)[NH+]3C=C(C)N=C3C2)cc1NS(=O)(=O)C1CC1. The lowest BCUT2D eigenvalue weighted by Gasteiger charge is -2.29. The number of aliphatic imine (C=N–C) groups is 1. The number of rotatable bonds is 7. The first-order valence-electron chi connectivity index (χ1n) is 10.4. The topological polar surface area (TPSA) is 116 Å². The molecule has 1 fully saturated rings. The van der Waals surface area contributed by atoms with Gasteiger partial charge in [-0.1, -0.05) is 0 Å². The summed E-state index contributed by atoms with van der Waals surface area (Å²) in [5.41, 5.74) is 3.15. The second kappa shape index (κ2) is 7.68. The Morgan fingerprint density at radius 2 is 2.06 bits per heavy atom. The van der Waals surface area contributed by atoms with E-state index in [4.69, 9.17) is 4.74 Å². The number of methoxy groups -OCH3 is 1. The Morgan fingerprint density at radius 1 is 1.25 bits per heavy atom. The number of aromatic nitrogens is 2. The number of fused-ring (bicyclic) bond motifs is 1. The number of aromatic amines is 1. The second-order valence-corrected chi connectivity index (χ2v) is 10.2. The highest BCUT2D eigenvalue weighted by Crippen LogP contribution is 2.35. The van der Waals surface area contributed by atoms with Crippen LogP contribution in [0.5, 0.6) is 5.75 Å². The largest absolute Gasteiger partial charge is 0.495 e. The van der Waals surface area contributed by atoms with E-state index in [-0.39, 0.29) is 5.25 Å². The molecule has 1 atom stereocenters. The summed E-state index contributed by atoms with van der Waals surface area (Å²) in [6.07, 6.45) is 5.43. The number of allylic oxidation sites excluding steroid dienone is 1. The molecule has 10 nitrogen and oxygen atoms in total. The summed E-state index contributed by atoms with van der Waals surface area (Å²) in [5, 5.41) is 10.3. The van der Waals surface area contributed by atoms with Crippen molar-refractivity contribution in [2.45, 2.75) is 31.9 Å². The molecular formula is C21H26N7O3S+. The quantitative estimate of drug-likeness (QED) is 0.502. The number of H-pyrrole nitrogens is 1. The first-order chi connectivity index (χ1) is 15.3.